The molecule has 6 aromatic rings. The minimum absolute atomic E-state index is 0.188. The van der Waals surface area contributed by atoms with Crippen LogP contribution in [-0.2, 0) is 0 Å². The standard InChI is InChI=1S/C48H22Br2GeN6O4S4/c1-51(2)35-13-39(47-37(60-3)9-25(62-47)7-31-41(23(17-54)18-55)27-5-21(15-52)33(49)11-29(27)43(31)58)64-45(35)46-36(51)14-40(65-46)48-38(61-4)10-26(63-48)8-32-42(24(19-56)20-57)28-6-22(16-53)34(50)12-30(28)44(32)59/h5-14H,1-4H3/b31-7-,32-8-. The first-order chi connectivity index (χ1) is 31.2. The van der Waals surface area contributed by atoms with Crippen LogP contribution in [0, 0.1) is 68.0 Å². The Balaban J connectivity index is 1.09. The summed E-state index contributed by atoms with van der Waals surface area (Å²) >= 11 is 10.1. The topological polar surface area (TPSA) is 195 Å². The van der Waals surface area contributed by atoms with Gasteiger partial charge in [-0.05, 0) is 31.9 Å². The summed E-state index contributed by atoms with van der Waals surface area (Å²) in [5, 5.41) is 59.0. The van der Waals surface area contributed by atoms with Gasteiger partial charge in [-0.25, -0.2) is 0 Å². The molecule has 17 heteroatoms. The second-order valence-electron chi connectivity index (χ2n) is 15.1. The fourth-order valence-electron chi connectivity index (χ4n) is 8.28. The number of fused-ring (bicyclic) bond motifs is 5. The molecule has 9 rings (SSSR count). The van der Waals surface area contributed by atoms with Crippen LogP contribution in [-0.4, -0.2) is 39.1 Å². The monoisotopic (exact) mass is 1110 g/mol. The summed E-state index contributed by atoms with van der Waals surface area (Å²) in [4.78, 5) is 35.3. The molecule has 65 heavy (non-hydrogen) atoms. The first-order valence-corrected chi connectivity index (χ1v) is 30.2. The van der Waals surface area contributed by atoms with Crippen LogP contribution in [0.15, 0.2) is 79.8 Å². The average molecular weight is 1110 g/mol. The molecular formula is C48H22Br2GeN6O4S4. The van der Waals surface area contributed by atoms with E-state index in [2.05, 4.69) is 67.6 Å². The van der Waals surface area contributed by atoms with Crippen LogP contribution in [0.25, 0.3) is 52.6 Å². The van der Waals surface area contributed by atoms with Crippen molar-refractivity contribution in [2.24, 2.45) is 0 Å². The first-order valence-electron chi connectivity index (χ1n) is 19.0. The van der Waals surface area contributed by atoms with Crippen LogP contribution in [0.5, 0.6) is 11.5 Å². The zero-order valence-electron chi connectivity index (χ0n) is 34.0. The van der Waals surface area contributed by atoms with Gasteiger partial charge in [-0.1, -0.05) is 0 Å². The number of hydrogen-bond acceptors (Lipinski definition) is 14. The molecule has 2 aromatic carbocycles. The third-order valence-electron chi connectivity index (χ3n) is 11.4. The van der Waals surface area contributed by atoms with Crippen LogP contribution < -0.4 is 18.3 Å². The van der Waals surface area contributed by atoms with E-state index in [-0.39, 0.29) is 56.1 Å². The molecule has 10 nitrogen and oxygen atoms in total. The maximum absolute atomic E-state index is 13.9. The summed E-state index contributed by atoms with van der Waals surface area (Å²) in [6.07, 6.45) is 3.37. The second kappa shape index (κ2) is 16.5. The van der Waals surface area contributed by atoms with Gasteiger partial charge in [0.1, 0.15) is 12.1 Å². The van der Waals surface area contributed by atoms with E-state index < -0.39 is 13.3 Å². The van der Waals surface area contributed by atoms with Crippen LogP contribution in [0.3, 0.4) is 0 Å². The molecule has 3 aliphatic rings. The molecule has 310 valence electrons. The number of halogens is 2. The SMILES string of the molecule is COc1cc(/C=C2\C(=O)c3cc(Br)c(C#N)cc3C2=C(C#N)C#N)sc1-c1c[c]2c(s1)-c1sc(-c3sc(/C=C4\C(=O)c5cc(Br)c(C#N)cc5C4=C(C#N)C#N)cc3OC)c[c]1[Ge]2([CH3])[CH3]. The second-order valence-corrected chi connectivity index (χ2v) is 30.2. The van der Waals surface area contributed by atoms with Crippen molar-refractivity contribution in [3.05, 3.63) is 123 Å². The number of ketones is 2. The van der Waals surface area contributed by atoms with Gasteiger partial charge >= 0.3 is 356 Å². The normalized spacial score (nSPS) is 15.0. The zero-order valence-corrected chi connectivity index (χ0v) is 42.5. The number of methoxy groups -OCH3 is 2. The first kappa shape index (κ1) is 43.8. The zero-order chi connectivity index (χ0) is 46.2. The van der Waals surface area contributed by atoms with Crippen molar-refractivity contribution in [1.82, 2.24) is 0 Å². The number of nitriles is 6. The van der Waals surface area contributed by atoms with Crippen LogP contribution in [0.1, 0.15) is 52.7 Å². The molecule has 0 fully saturated rings. The Kier molecular flexibility index (Phi) is 11.1. The van der Waals surface area contributed by atoms with Gasteiger partial charge in [0.15, 0.2) is 0 Å². The van der Waals surface area contributed by atoms with Crippen LogP contribution in [0.2, 0.25) is 11.5 Å². The van der Waals surface area contributed by atoms with E-state index >= 15 is 0 Å². The molecule has 0 bridgehead atoms. The summed E-state index contributed by atoms with van der Waals surface area (Å²) in [5.41, 5.74) is 2.18. The van der Waals surface area contributed by atoms with Crippen molar-refractivity contribution in [2.75, 3.05) is 14.2 Å². The van der Waals surface area contributed by atoms with Crippen LogP contribution >= 0.6 is 77.2 Å². The number of hydrogen-bond donors (Lipinski definition) is 0. The van der Waals surface area contributed by atoms with Crippen molar-refractivity contribution in [3.8, 4) is 77.2 Å². The summed E-state index contributed by atoms with van der Waals surface area (Å²) in [7, 11) is 3.18. The van der Waals surface area contributed by atoms with E-state index in [9.17, 15) is 41.2 Å². The predicted molar refractivity (Wildman–Crippen MR) is 263 cm³/mol. The number of carbonyl (C=O) groups is 2. The number of ether oxygens (including phenoxy) is 2. The summed E-state index contributed by atoms with van der Waals surface area (Å²) in [5.74, 6) is 5.25. The Morgan fingerprint density at radius 1 is 0.554 bits per heavy atom. The van der Waals surface area contributed by atoms with E-state index in [1.165, 1.54) is 53.4 Å². The summed E-state index contributed by atoms with van der Waals surface area (Å²) in [6, 6.07) is 26.3. The number of nitrogens with zero attached hydrogens (tertiary/aromatic N) is 6. The molecule has 0 N–H and O–H groups in total. The summed E-state index contributed by atoms with van der Waals surface area (Å²) in [6.45, 7) is 0. The minimum atomic E-state index is -2.88. The maximum atomic E-state index is 13.9. The Bertz CT molecular complexity index is 3380. The summed E-state index contributed by atoms with van der Waals surface area (Å²) < 4.78 is 15.4. The molecular weight excluding hydrogens is 1090 g/mol. The number of benzene rings is 2. The van der Waals surface area contributed by atoms with E-state index in [1.54, 1.807) is 61.2 Å². The molecule has 0 spiro atoms. The van der Waals surface area contributed by atoms with Gasteiger partial charge in [-0.3, -0.25) is 0 Å². The molecule has 1 aliphatic heterocycles. The third kappa shape index (κ3) is 6.81. The molecule has 2 aliphatic carbocycles. The Hall–Kier alpha value is -6.42. The Morgan fingerprint density at radius 2 is 0.938 bits per heavy atom. The Morgan fingerprint density at radius 3 is 1.28 bits per heavy atom. The molecule has 4 aromatic heterocycles. The van der Waals surface area contributed by atoms with Crippen molar-refractivity contribution < 1.29 is 19.1 Å². The molecule has 0 unspecified atom stereocenters. The van der Waals surface area contributed by atoms with Crippen molar-refractivity contribution in [1.29, 1.82) is 31.6 Å². The van der Waals surface area contributed by atoms with E-state index in [0.717, 1.165) is 19.5 Å². The number of rotatable bonds is 6. The quantitative estimate of drug-likeness (QED) is 0.0879. The van der Waals surface area contributed by atoms with E-state index in [1.807, 2.05) is 36.4 Å². The van der Waals surface area contributed by atoms with Gasteiger partial charge in [0.25, 0.3) is 0 Å². The number of Topliss-reactive ketones (excluding diaryl/α,β-unsaturated/α-hetero) is 2. The van der Waals surface area contributed by atoms with E-state index in [4.69, 9.17) is 9.47 Å². The van der Waals surface area contributed by atoms with Gasteiger partial charge in [0.2, 0.25) is 0 Å². The van der Waals surface area contributed by atoms with Gasteiger partial charge in [0, 0.05) is 0 Å². The van der Waals surface area contributed by atoms with Crippen molar-refractivity contribution >= 4 is 134 Å². The average Bonchev–Trinajstić information content (AvgIpc) is 4.17. The molecule has 0 atom stereocenters. The van der Waals surface area contributed by atoms with Gasteiger partial charge in [-0.2, -0.15) is 10.5 Å². The van der Waals surface area contributed by atoms with Crippen molar-refractivity contribution in [3.63, 3.8) is 0 Å². The fraction of sp³-hybridized carbons (Fsp3) is 0.0833. The van der Waals surface area contributed by atoms with Gasteiger partial charge < -0.3 is 0 Å². The number of thiophene rings is 4. The predicted octanol–water partition coefficient (Wildman–Crippen LogP) is 11.5. The Labute approximate surface area is 407 Å². The molecule has 0 saturated heterocycles. The molecule has 0 radical (unpaired) electrons. The van der Waals surface area contributed by atoms with Gasteiger partial charge in [-0.15, -0.1) is 0 Å². The van der Waals surface area contributed by atoms with E-state index in [0.29, 0.717) is 52.5 Å². The molecule has 0 amide bonds. The van der Waals surface area contributed by atoms with Gasteiger partial charge in [0.05, 0.1) is 0 Å². The molecule has 5 heterocycles. The van der Waals surface area contributed by atoms with Crippen molar-refractivity contribution in [2.45, 2.75) is 11.5 Å². The number of carbonyl (C=O) groups excluding carboxylic acids is 2. The van der Waals surface area contributed by atoms with Crippen LogP contribution in [0.4, 0.5) is 0 Å². The fourth-order valence-corrected chi connectivity index (χ4v) is 23.5. The number of allylic oxidation sites excluding steroid dienone is 6. The molecule has 0 saturated carbocycles. The third-order valence-corrected chi connectivity index (χ3v) is 25.7.